The van der Waals surface area contributed by atoms with Crippen LogP contribution in [0.1, 0.15) is 58.3 Å². The van der Waals surface area contributed by atoms with Crippen LogP contribution < -0.4 is 0 Å². The van der Waals surface area contributed by atoms with Crippen molar-refractivity contribution in [1.82, 2.24) is 9.88 Å². The van der Waals surface area contributed by atoms with Gasteiger partial charge in [-0.05, 0) is 52.3 Å². The topological polar surface area (TPSA) is 53.2 Å². The molecule has 1 fully saturated rings. The van der Waals surface area contributed by atoms with E-state index in [-0.39, 0.29) is 11.6 Å². The van der Waals surface area contributed by atoms with Gasteiger partial charge in [0, 0.05) is 11.3 Å². The fourth-order valence-corrected chi connectivity index (χ4v) is 2.96. The average molecular weight is 262 g/mol. The second-order valence-electron chi connectivity index (χ2n) is 5.44. The number of aryl methyl sites for hydroxylation is 1. The van der Waals surface area contributed by atoms with Crippen LogP contribution >= 0.6 is 0 Å². The highest BCUT2D eigenvalue weighted by molar-refractivity contribution is 6.03. The number of nitrogens with one attached hydrogen (secondary N) is 1. The number of H-pyrrole nitrogens is 1. The number of aromatic amines is 1. The molecule has 104 valence electrons. The molecule has 0 unspecified atom stereocenters. The molecule has 0 bridgehead atoms. The van der Waals surface area contributed by atoms with E-state index in [0.29, 0.717) is 17.8 Å². The van der Waals surface area contributed by atoms with E-state index in [1.165, 1.54) is 19.3 Å². The van der Waals surface area contributed by atoms with Gasteiger partial charge in [0.1, 0.15) is 0 Å². The van der Waals surface area contributed by atoms with E-state index < -0.39 is 0 Å². The number of likely N-dealkylation sites (tertiary alicyclic amines) is 1. The predicted octanol–water partition coefficient (Wildman–Crippen LogP) is 2.50. The summed E-state index contributed by atoms with van der Waals surface area (Å²) in [6.07, 6.45) is 3.61. The lowest BCUT2D eigenvalue weighted by atomic mass is 10.0. The summed E-state index contributed by atoms with van der Waals surface area (Å²) in [6, 6.07) is 0. The Hall–Kier alpha value is -1.42. The second kappa shape index (κ2) is 5.70. The summed E-state index contributed by atoms with van der Waals surface area (Å²) in [6.45, 7) is 7.71. The Morgan fingerprint density at radius 2 is 1.79 bits per heavy atom. The van der Waals surface area contributed by atoms with Crippen molar-refractivity contribution in [3.63, 3.8) is 0 Å². The molecule has 0 aromatic carbocycles. The number of aromatic nitrogens is 1. The molecular formula is C15H22N2O2. The maximum absolute atomic E-state index is 12.3. The van der Waals surface area contributed by atoms with Crippen LogP contribution in [0.4, 0.5) is 0 Å². The summed E-state index contributed by atoms with van der Waals surface area (Å²) in [5.41, 5.74) is 2.87. The van der Waals surface area contributed by atoms with Crippen LogP contribution in [0.2, 0.25) is 0 Å². The highest BCUT2D eigenvalue weighted by atomic mass is 16.1. The number of hydrogen-bond donors (Lipinski definition) is 1. The van der Waals surface area contributed by atoms with Crippen LogP contribution in [0, 0.1) is 13.8 Å². The van der Waals surface area contributed by atoms with Gasteiger partial charge >= 0.3 is 0 Å². The normalized spacial score (nSPS) is 16.6. The van der Waals surface area contributed by atoms with E-state index in [9.17, 15) is 9.59 Å². The number of piperidine rings is 1. The fraction of sp³-hybridized carbons (Fsp3) is 0.600. The van der Waals surface area contributed by atoms with E-state index in [2.05, 4.69) is 9.88 Å². The first-order valence-electron chi connectivity index (χ1n) is 6.96. The lowest BCUT2D eigenvalue weighted by Gasteiger charge is -2.25. The van der Waals surface area contributed by atoms with Gasteiger partial charge in [0.2, 0.25) is 0 Å². The Labute approximate surface area is 114 Å². The van der Waals surface area contributed by atoms with Crippen molar-refractivity contribution in [2.45, 2.75) is 40.0 Å². The minimum atomic E-state index is 0.0169. The molecule has 0 radical (unpaired) electrons. The third-order valence-corrected chi connectivity index (χ3v) is 3.88. The summed E-state index contributed by atoms with van der Waals surface area (Å²) < 4.78 is 0. The quantitative estimate of drug-likeness (QED) is 0.848. The van der Waals surface area contributed by atoms with Crippen LogP contribution in [0.3, 0.4) is 0 Å². The summed E-state index contributed by atoms with van der Waals surface area (Å²) in [7, 11) is 0. The summed E-state index contributed by atoms with van der Waals surface area (Å²) in [5, 5.41) is 0. The Bertz CT molecular complexity index is 496. The molecule has 1 N–H and O–H groups in total. The zero-order chi connectivity index (χ0) is 14.0. The molecule has 0 spiro atoms. The Morgan fingerprint density at radius 1 is 1.16 bits per heavy atom. The highest BCUT2D eigenvalue weighted by Gasteiger charge is 2.22. The number of Topliss-reactive ketones (excluding diaryl/α,β-unsaturated/α-hetero) is 2. The molecule has 0 atom stereocenters. The molecule has 1 aromatic heterocycles. The third-order valence-electron chi connectivity index (χ3n) is 3.88. The number of carbonyl (C=O) groups is 2. The van der Waals surface area contributed by atoms with Crippen molar-refractivity contribution in [2.24, 2.45) is 0 Å². The first-order chi connectivity index (χ1) is 9.00. The standard InChI is InChI=1S/C15H22N2O2/c1-10-14(12(3)18)11(2)16-15(10)13(19)9-17-7-5-4-6-8-17/h16H,4-9H2,1-3H3. The largest absolute Gasteiger partial charge is 0.355 e. The maximum Gasteiger partial charge on any atom is 0.193 e. The molecule has 0 aliphatic carbocycles. The number of ketones is 2. The zero-order valence-corrected chi connectivity index (χ0v) is 12.0. The second-order valence-corrected chi connectivity index (χ2v) is 5.44. The first-order valence-corrected chi connectivity index (χ1v) is 6.96. The van der Waals surface area contributed by atoms with E-state index in [1.807, 2.05) is 13.8 Å². The van der Waals surface area contributed by atoms with E-state index in [4.69, 9.17) is 0 Å². The van der Waals surface area contributed by atoms with Gasteiger partial charge in [-0.25, -0.2) is 0 Å². The minimum absolute atomic E-state index is 0.0169. The van der Waals surface area contributed by atoms with Crippen LogP contribution in [0.25, 0.3) is 0 Å². The van der Waals surface area contributed by atoms with Crippen molar-refractivity contribution in [3.8, 4) is 0 Å². The van der Waals surface area contributed by atoms with Crippen molar-refractivity contribution in [1.29, 1.82) is 0 Å². The monoisotopic (exact) mass is 262 g/mol. The fourth-order valence-electron chi connectivity index (χ4n) is 2.96. The number of nitrogens with zero attached hydrogens (tertiary/aromatic N) is 1. The van der Waals surface area contributed by atoms with Gasteiger partial charge in [0.25, 0.3) is 0 Å². The third kappa shape index (κ3) is 2.95. The number of rotatable bonds is 4. The molecule has 0 saturated carbocycles. The van der Waals surface area contributed by atoms with E-state index in [0.717, 1.165) is 24.3 Å². The van der Waals surface area contributed by atoms with Gasteiger partial charge in [0.05, 0.1) is 12.2 Å². The first kappa shape index (κ1) is 14.0. The van der Waals surface area contributed by atoms with Crippen LogP contribution in [-0.4, -0.2) is 41.1 Å². The molecule has 2 heterocycles. The Morgan fingerprint density at radius 3 is 2.32 bits per heavy atom. The highest BCUT2D eigenvalue weighted by Crippen LogP contribution is 2.19. The molecule has 1 aromatic rings. The van der Waals surface area contributed by atoms with Gasteiger partial charge in [0.15, 0.2) is 11.6 Å². The Kier molecular flexibility index (Phi) is 4.20. The molecule has 2 rings (SSSR count). The predicted molar refractivity (Wildman–Crippen MR) is 74.9 cm³/mol. The minimum Gasteiger partial charge on any atom is -0.355 e. The van der Waals surface area contributed by atoms with Gasteiger partial charge in [-0.15, -0.1) is 0 Å². The maximum atomic E-state index is 12.3. The average Bonchev–Trinajstić information content (AvgIpc) is 2.66. The zero-order valence-electron chi connectivity index (χ0n) is 12.0. The molecule has 0 amide bonds. The van der Waals surface area contributed by atoms with Gasteiger partial charge in [-0.3, -0.25) is 14.5 Å². The molecule has 1 aliphatic heterocycles. The van der Waals surface area contributed by atoms with Crippen LogP contribution in [0.5, 0.6) is 0 Å². The van der Waals surface area contributed by atoms with Gasteiger partial charge < -0.3 is 4.98 Å². The summed E-state index contributed by atoms with van der Waals surface area (Å²) >= 11 is 0. The van der Waals surface area contributed by atoms with Crippen molar-refractivity contribution >= 4 is 11.6 Å². The summed E-state index contributed by atoms with van der Waals surface area (Å²) in [5.74, 6) is 0.110. The molecule has 1 aliphatic rings. The van der Waals surface area contributed by atoms with Crippen LogP contribution in [0.15, 0.2) is 0 Å². The SMILES string of the molecule is CC(=O)c1c(C)[nH]c(C(=O)CN2CCCCC2)c1C. The number of hydrogen-bond acceptors (Lipinski definition) is 3. The number of carbonyl (C=O) groups excluding carboxylic acids is 2. The van der Waals surface area contributed by atoms with Gasteiger partial charge in [-0.1, -0.05) is 6.42 Å². The van der Waals surface area contributed by atoms with Crippen molar-refractivity contribution < 1.29 is 9.59 Å². The van der Waals surface area contributed by atoms with Crippen LogP contribution in [-0.2, 0) is 0 Å². The van der Waals surface area contributed by atoms with Crippen molar-refractivity contribution in [3.05, 3.63) is 22.5 Å². The summed E-state index contributed by atoms with van der Waals surface area (Å²) in [4.78, 5) is 29.2. The lowest BCUT2D eigenvalue weighted by molar-refractivity contribution is 0.0910. The van der Waals surface area contributed by atoms with Crippen molar-refractivity contribution in [2.75, 3.05) is 19.6 Å². The smallest absolute Gasteiger partial charge is 0.193 e. The molecule has 1 saturated heterocycles. The van der Waals surface area contributed by atoms with E-state index >= 15 is 0 Å². The van der Waals surface area contributed by atoms with E-state index in [1.54, 1.807) is 6.92 Å². The molecule has 19 heavy (non-hydrogen) atoms. The molecule has 4 heteroatoms. The Balaban J connectivity index is 2.15. The molecule has 4 nitrogen and oxygen atoms in total. The van der Waals surface area contributed by atoms with Gasteiger partial charge in [-0.2, -0.15) is 0 Å². The molecular weight excluding hydrogens is 240 g/mol. The lowest BCUT2D eigenvalue weighted by Crippen LogP contribution is -2.34.